The number of carbonyl (C=O) groups excluding carboxylic acids is 1. The van der Waals surface area contributed by atoms with Crippen LogP contribution in [-0.4, -0.2) is 37.1 Å². The highest BCUT2D eigenvalue weighted by Gasteiger charge is 2.26. The van der Waals surface area contributed by atoms with Crippen molar-refractivity contribution in [3.05, 3.63) is 35.4 Å². The van der Waals surface area contributed by atoms with Crippen molar-refractivity contribution in [1.82, 2.24) is 10.3 Å². The Hall–Kier alpha value is -1.43. The lowest BCUT2D eigenvalue weighted by Crippen LogP contribution is -2.43. The fraction of sp³-hybridized carbons (Fsp3) is 0.533. The molecule has 0 aliphatic carbocycles. The number of rotatable bonds is 4. The number of carbonyl (C=O) groups is 1. The molecule has 1 aromatic carbocycles. The first-order valence-corrected chi connectivity index (χ1v) is 6.99. The Balaban J connectivity index is 2.08. The Morgan fingerprint density at radius 2 is 2.25 bits per heavy atom. The van der Waals surface area contributed by atoms with Gasteiger partial charge in [0.2, 0.25) is 0 Å². The van der Waals surface area contributed by atoms with Crippen molar-refractivity contribution in [3.63, 3.8) is 0 Å². The number of piperidine rings is 1. The molecular formula is C15H23N3O2. The zero-order valence-electron chi connectivity index (χ0n) is 12.1. The van der Waals surface area contributed by atoms with E-state index in [-0.39, 0.29) is 12.0 Å². The van der Waals surface area contributed by atoms with E-state index >= 15 is 0 Å². The van der Waals surface area contributed by atoms with Crippen molar-refractivity contribution < 1.29 is 9.53 Å². The second kappa shape index (κ2) is 6.83. The van der Waals surface area contributed by atoms with E-state index in [4.69, 9.17) is 10.6 Å². The highest BCUT2D eigenvalue weighted by Crippen LogP contribution is 2.22. The Kier molecular flexibility index (Phi) is 5.11. The number of ether oxygens (including phenoxy) is 1. The lowest BCUT2D eigenvalue weighted by atomic mass is 9.95. The Labute approximate surface area is 120 Å². The molecule has 1 heterocycles. The molecule has 20 heavy (non-hydrogen) atoms. The van der Waals surface area contributed by atoms with E-state index in [2.05, 4.69) is 17.2 Å². The molecule has 1 fully saturated rings. The smallest absolute Gasteiger partial charge is 0.265 e. The zero-order valence-corrected chi connectivity index (χ0v) is 12.1. The van der Waals surface area contributed by atoms with E-state index in [1.54, 1.807) is 13.2 Å². The van der Waals surface area contributed by atoms with E-state index in [1.165, 1.54) is 0 Å². The average molecular weight is 277 g/mol. The van der Waals surface area contributed by atoms with Crippen LogP contribution in [0, 0.1) is 5.92 Å². The number of benzene rings is 1. The predicted octanol–water partition coefficient (Wildman–Crippen LogP) is 1.15. The van der Waals surface area contributed by atoms with Gasteiger partial charge in [-0.15, -0.1) is 0 Å². The number of hydrogen-bond donors (Lipinski definition) is 2. The van der Waals surface area contributed by atoms with E-state index < -0.39 is 0 Å². The molecule has 1 aromatic rings. The normalized spacial score (nSPS) is 23.6. The topological polar surface area (TPSA) is 67.6 Å². The zero-order chi connectivity index (χ0) is 14.5. The third kappa shape index (κ3) is 3.36. The first kappa shape index (κ1) is 15.0. The van der Waals surface area contributed by atoms with Gasteiger partial charge in [0.05, 0.1) is 6.10 Å². The standard InChI is InChI=1S/C15H23N3O2/c1-11-7-8-18(10-14(11)20-2)9-12-5-3-4-6-13(12)15(19)17-16/h3-6,11,14H,7-10,16H2,1-2H3,(H,17,19). The molecule has 1 amide bonds. The van der Waals surface area contributed by atoms with Crippen molar-refractivity contribution in [3.8, 4) is 0 Å². The number of methoxy groups -OCH3 is 1. The van der Waals surface area contributed by atoms with Crippen LogP contribution in [0.5, 0.6) is 0 Å². The van der Waals surface area contributed by atoms with Crippen molar-refractivity contribution in [2.45, 2.75) is 26.0 Å². The molecule has 5 nitrogen and oxygen atoms in total. The second-order valence-corrected chi connectivity index (χ2v) is 5.41. The summed E-state index contributed by atoms with van der Waals surface area (Å²) in [6.45, 7) is 4.90. The average Bonchev–Trinajstić information content (AvgIpc) is 2.49. The molecule has 0 radical (unpaired) electrons. The number of amides is 1. The fourth-order valence-corrected chi connectivity index (χ4v) is 2.75. The van der Waals surface area contributed by atoms with Gasteiger partial charge in [0.15, 0.2) is 0 Å². The van der Waals surface area contributed by atoms with E-state index in [1.807, 2.05) is 18.2 Å². The molecule has 0 aromatic heterocycles. The summed E-state index contributed by atoms with van der Waals surface area (Å²) in [7, 11) is 1.76. The van der Waals surface area contributed by atoms with Crippen molar-refractivity contribution >= 4 is 5.91 Å². The fourth-order valence-electron chi connectivity index (χ4n) is 2.75. The summed E-state index contributed by atoms with van der Waals surface area (Å²) in [6, 6.07) is 7.58. The summed E-state index contributed by atoms with van der Waals surface area (Å²) in [5.74, 6) is 5.58. The molecule has 5 heteroatoms. The summed E-state index contributed by atoms with van der Waals surface area (Å²) in [5, 5.41) is 0. The summed E-state index contributed by atoms with van der Waals surface area (Å²) in [4.78, 5) is 14.1. The van der Waals surface area contributed by atoms with Gasteiger partial charge in [-0.25, -0.2) is 5.84 Å². The number of nitrogen functional groups attached to an aromatic ring is 1. The van der Waals surface area contributed by atoms with Gasteiger partial charge >= 0.3 is 0 Å². The van der Waals surface area contributed by atoms with Gasteiger partial charge in [-0.05, 0) is 30.5 Å². The van der Waals surface area contributed by atoms with Crippen LogP contribution >= 0.6 is 0 Å². The van der Waals surface area contributed by atoms with Gasteiger partial charge in [-0.3, -0.25) is 15.1 Å². The predicted molar refractivity (Wildman–Crippen MR) is 78.0 cm³/mol. The van der Waals surface area contributed by atoms with Crippen LogP contribution in [0.15, 0.2) is 24.3 Å². The highest BCUT2D eigenvalue weighted by molar-refractivity contribution is 5.95. The molecule has 1 aliphatic heterocycles. The van der Waals surface area contributed by atoms with Crippen LogP contribution in [0.4, 0.5) is 0 Å². The lowest BCUT2D eigenvalue weighted by Gasteiger charge is -2.36. The maximum absolute atomic E-state index is 11.8. The van der Waals surface area contributed by atoms with Crippen LogP contribution < -0.4 is 11.3 Å². The maximum atomic E-state index is 11.8. The van der Waals surface area contributed by atoms with Gasteiger partial charge < -0.3 is 4.74 Å². The van der Waals surface area contributed by atoms with Crippen LogP contribution in [-0.2, 0) is 11.3 Å². The van der Waals surface area contributed by atoms with Gasteiger partial charge in [-0.2, -0.15) is 0 Å². The SMILES string of the molecule is COC1CN(Cc2ccccc2C(=O)NN)CCC1C. The molecule has 3 N–H and O–H groups in total. The number of nitrogens with two attached hydrogens (primary N) is 1. The van der Waals surface area contributed by atoms with E-state index in [9.17, 15) is 4.79 Å². The van der Waals surface area contributed by atoms with E-state index in [0.29, 0.717) is 11.5 Å². The number of nitrogens with one attached hydrogen (secondary N) is 1. The van der Waals surface area contributed by atoms with Gasteiger partial charge in [-0.1, -0.05) is 25.1 Å². The molecule has 110 valence electrons. The molecule has 0 spiro atoms. The second-order valence-electron chi connectivity index (χ2n) is 5.41. The molecule has 2 unspecified atom stereocenters. The number of hydrazine groups is 1. The van der Waals surface area contributed by atoms with Gasteiger partial charge in [0.25, 0.3) is 5.91 Å². The van der Waals surface area contributed by atoms with Crippen LogP contribution in [0.1, 0.15) is 29.3 Å². The molecular weight excluding hydrogens is 254 g/mol. The molecule has 2 atom stereocenters. The third-order valence-corrected chi connectivity index (χ3v) is 4.06. The first-order chi connectivity index (χ1) is 9.65. The summed E-state index contributed by atoms with van der Waals surface area (Å²) in [6.07, 6.45) is 1.38. The Bertz CT molecular complexity index is 464. The summed E-state index contributed by atoms with van der Waals surface area (Å²) < 4.78 is 5.53. The summed E-state index contributed by atoms with van der Waals surface area (Å²) >= 11 is 0. The van der Waals surface area contributed by atoms with Crippen LogP contribution in [0.25, 0.3) is 0 Å². The summed E-state index contributed by atoms with van der Waals surface area (Å²) in [5.41, 5.74) is 3.84. The molecule has 0 bridgehead atoms. The van der Waals surface area contributed by atoms with Crippen molar-refractivity contribution in [2.24, 2.45) is 11.8 Å². The molecule has 1 saturated heterocycles. The quantitative estimate of drug-likeness (QED) is 0.492. The molecule has 1 aliphatic rings. The largest absolute Gasteiger partial charge is 0.380 e. The van der Waals surface area contributed by atoms with Gasteiger partial charge in [0, 0.05) is 25.8 Å². The molecule has 2 rings (SSSR count). The minimum Gasteiger partial charge on any atom is -0.380 e. The number of hydrogen-bond acceptors (Lipinski definition) is 4. The minimum absolute atomic E-state index is 0.241. The van der Waals surface area contributed by atoms with E-state index in [0.717, 1.165) is 31.6 Å². The first-order valence-electron chi connectivity index (χ1n) is 6.99. The highest BCUT2D eigenvalue weighted by atomic mass is 16.5. The van der Waals surface area contributed by atoms with Crippen LogP contribution in [0.2, 0.25) is 0 Å². The number of nitrogens with zero attached hydrogens (tertiary/aromatic N) is 1. The number of likely N-dealkylation sites (tertiary alicyclic amines) is 1. The Morgan fingerprint density at radius 1 is 1.50 bits per heavy atom. The monoisotopic (exact) mass is 277 g/mol. The van der Waals surface area contributed by atoms with Gasteiger partial charge in [0.1, 0.15) is 0 Å². The van der Waals surface area contributed by atoms with Crippen molar-refractivity contribution in [1.29, 1.82) is 0 Å². The Morgan fingerprint density at radius 3 is 2.95 bits per heavy atom. The van der Waals surface area contributed by atoms with Crippen LogP contribution in [0.3, 0.4) is 0 Å². The molecule has 0 saturated carbocycles. The lowest BCUT2D eigenvalue weighted by molar-refractivity contribution is -0.00749. The maximum Gasteiger partial charge on any atom is 0.265 e. The minimum atomic E-state index is -0.241. The third-order valence-electron chi connectivity index (χ3n) is 4.06. The van der Waals surface area contributed by atoms with Crippen molar-refractivity contribution in [2.75, 3.05) is 20.2 Å².